The summed E-state index contributed by atoms with van der Waals surface area (Å²) in [6.07, 6.45) is 21.2. The topological polar surface area (TPSA) is 115 Å². The van der Waals surface area contributed by atoms with E-state index in [4.69, 9.17) is 18.9 Å². The maximum Gasteiger partial charge on any atom is 0.243 e. The highest BCUT2D eigenvalue weighted by atomic mass is 32.2. The number of aliphatic hydroxyl groups is 2. The van der Waals surface area contributed by atoms with Crippen LogP contribution in [0.25, 0.3) is 0 Å². The molecule has 9 aromatic rings. The monoisotopic (exact) mass is 1510 g/mol. The van der Waals surface area contributed by atoms with E-state index in [0.717, 1.165) is 106 Å². The Morgan fingerprint density at radius 1 is 0.300 bits per heavy atom. The average molecular weight is 1510 g/mol. The maximum atomic E-state index is 16.1. The van der Waals surface area contributed by atoms with Gasteiger partial charge >= 0.3 is 0 Å². The van der Waals surface area contributed by atoms with Crippen molar-refractivity contribution in [1.82, 2.24) is 4.31 Å². The number of unbranched alkanes of at least 4 members (excludes halogenated alkanes) is 18. The van der Waals surface area contributed by atoms with Crippen molar-refractivity contribution in [3.8, 4) is 11.5 Å². The Kier molecular flexibility index (Phi) is 36.9. The van der Waals surface area contributed by atoms with Crippen LogP contribution in [-0.4, -0.2) is 86.9 Å². The zero-order valence-electron chi connectivity index (χ0n) is 67.8. The molecule has 0 radical (unpaired) electrons. The largest absolute Gasteiger partial charge is 0.490 e. The van der Waals surface area contributed by atoms with Crippen molar-refractivity contribution < 1.29 is 37.6 Å². The minimum atomic E-state index is -4.38. The van der Waals surface area contributed by atoms with Gasteiger partial charge in [0.15, 0.2) is 0 Å². The van der Waals surface area contributed by atoms with E-state index in [1.165, 1.54) is 105 Å². The van der Waals surface area contributed by atoms with Gasteiger partial charge in [-0.1, -0.05) is 408 Å². The lowest BCUT2D eigenvalue weighted by atomic mass is 9.81. The first-order valence-electron chi connectivity index (χ1n) is 42.2. The Morgan fingerprint density at radius 3 is 0.800 bits per heavy atom. The molecular formula is C100H131NO8S. The van der Waals surface area contributed by atoms with E-state index in [9.17, 15) is 10.2 Å². The Bertz CT molecular complexity index is 3730. The summed E-state index contributed by atoms with van der Waals surface area (Å²) in [6.45, 7) is 17.5. The number of ether oxygens (including phenoxy) is 4. The fraction of sp³-hybridized carbons (Fsp3) is 0.460. The van der Waals surface area contributed by atoms with Crippen LogP contribution in [0.4, 0.5) is 0 Å². The second kappa shape index (κ2) is 47.0. The Hall–Kier alpha value is -7.67. The van der Waals surface area contributed by atoms with Gasteiger partial charge in [0.05, 0.1) is 30.3 Å². The summed E-state index contributed by atoms with van der Waals surface area (Å²) >= 11 is 0. The van der Waals surface area contributed by atoms with Crippen LogP contribution in [0.5, 0.6) is 11.5 Å². The van der Waals surface area contributed by atoms with Gasteiger partial charge in [-0.15, -0.1) is 0 Å². The van der Waals surface area contributed by atoms with Crippen LogP contribution in [0.3, 0.4) is 0 Å². The standard InChI is InChI=1S/C100H131NO8S/c1-9-11-13-15-17-19-21-23-25-46-62-90(102)72-106-92(74-108-99-95(78(5)84-54-38-29-39-55-84)66-88(76(3)82-50-34-27-35-51-82)67-96(99)79(6)85-56-40-30-41-57-85)70-101(110(104,105)94-64-48-33-49-65-94)71-93(107-73-91(103)63-47-26-24-22-20-18-16-14-12-10-2)75-109-100-97(80(7)86-58-42-31-43-59-86)68-89(77(4)83-52-36-28-37-53-83)69-98(100)81(8)87-60-44-32-45-61-87/h27-45,48-61,64-69,76-81,90-93,102-103H,9-26,46-47,62-63,70-75H2,1-8H3. The predicted octanol–water partition coefficient (Wildman–Crippen LogP) is 24.9. The van der Waals surface area contributed by atoms with Crippen LogP contribution in [-0.2, 0) is 19.5 Å². The molecule has 110 heavy (non-hydrogen) atoms. The molecule has 0 aliphatic heterocycles. The molecule has 590 valence electrons. The number of rotatable bonds is 52. The molecule has 9 aromatic carbocycles. The fourth-order valence-corrected chi connectivity index (χ4v) is 17.1. The molecule has 10 unspecified atom stereocenters. The molecule has 0 aliphatic carbocycles. The van der Waals surface area contributed by atoms with Crippen molar-refractivity contribution in [3.63, 3.8) is 0 Å². The molecule has 9 nitrogen and oxygen atoms in total. The normalized spacial score (nSPS) is 14.6. The number of hydrogen-bond acceptors (Lipinski definition) is 8. The number of aliphatic hydroxyl groups excluding tert-OH is 2. The molecule has 0 spiro atoms. The third-order valence-electron chi connectivity index (χ3n) is 22.9. The first-order chi connectivity index (χ1) is 53.6. The summed E-state index contributed by atoms with van der Waals surface area (Å²) in [5.41, 5.74) is 13.3. The van der Waals surface area contributed by atoms with E-state index in [0.29, 0.717) is 12.8 Å². The molecule has 0 aliphatic rings. The van der Waals surface area contributed by atoms with Crippen molar-refractivity contribution in [2.24, 2.45) is 0 Å². The molecule has 0 fully saturated rings. The molecule has 0 saturated carbocycles. The second-order valence-corrected chi connectivity index (χ2v) is 33.2. The Morgan fingerprint density at radius 2 is 0.536 bits per heavy atom. The van der Waals surface area contributed by atoms with Crippen LogP contribution in [0, 0.1) is 0 Å². The molecule has 0 heterocycles. The smallest absolute Gasteiger partial charge is 0.243 e. The van der Waals surface area contributed by atoms with E-state index in [1.54, 1.807) is 24.3 Å². The summed E-state index contributed by atoms with van der Waals surface area (Å²) in [4.78, 5) is 0.114. The van der Waals surface area contributed by atoms with Crippen molar-refractivity contribution in [2.45, 2.75) is 261 Å². The Labute approximate surface area is 663 Å². The number of benzene rings is 9. The fourth-order valence-electron chi connectivity index (χ4n) is 15.6. The number of hydrogen-bond donors (Lipinski definition) is 2. The molecule has 9 rings (SSSR count). The van der Waals surface area contributed by atoms with E-state index in [1.807, 2.05) is 30.3 Å². The molecule has 10 heteroatoms. The molecule has 0 bridgehead atoms. The van der Waals surface area contributed by atoms with Crippen LogP contribution < -0.4 is 9.47 Å². The van der Waals surface area contributed by atoms with Gasteiger partial charge in [0, 0.05) is 70.9 Å². The summed E-state index contributed by atoms with van der Waals surface area (Å²) < 4.78 is 63.0. The average Bonchev–Trinajstić information content (AvgIpc) is 0.779. The first kappa shape index (κ1) is 86.3. The maximum absolute atomic E-state index is 16.1. The highest BCUT2D eigenvalue weighted by molar-refractivity contribution is 7.89. The first-order valence-corrected chi connectivity index (χ1v) is 43.6. The van der Waals surface area contributed by atoms with Gasteiger partial charge in [0.1, 0.15) is 36.9 Å². The minimum Gasteiger partial charge on any atom is -0.490 e. The second-order valence-electron chi connectivity index (χ2n) is 31.3. The SMILES string of the molecule is CCCCCCCCCCCCC(O)COC(COc1c(C(C)c2ccccc2)cc(C(C)c2ccccc2)cc1C(C)c1ccccc1)CN(CC(COc1c(C(C)c2ccccc2)cc(C(C)c2ccccc2)cc1C(C)c1ccccc1)OCC(O)CCCCCCCCCCCC)S(=O)(=O)c1ccccc1. The highest BCUT2D eigenvalue weighted by Crippen LogP contribution is 2.46. The van der Waals surface area contributed by atoms with Crippen molar-refractivity contribution >= 4 is 10.0 Å². The zero-order valence-corrected chi connectivity index (χ0v) is 68.6. The molecule has 0 saturated heterocycles. The quantitative estimate of drug-likeness (QED) is 0.0362. The molecular weight excluding hydrogens is 1380 g/mol. The molecule has 10 atom stereocenters. The van der Waals surface area contributed by atoms with E-state index >= 15 is 8.42 Å². The van der Waals surface area contributed by atoms with Gasteiger partial charge in [-0.05, 0) is 69.5 Å². The van der Waals surface area contributed by atoms with Crippen LogP contribution >= 0.6 is 0 Å². The van der Waals surface area contributed by atoms with Crippen LogP contribution in [0.15, 0.2) is 241 Å². The third-order valence-corrected chi connectivity index (χ3v) is 24.7. The third kappa shape index (κ3) is 26.8. The van der Waals surface area contributed by atoms with Gasteiger partial charge in [-0.2, -0.15) is 4.31 Å². The van der Waals surface area contributed by atoms with Crippen molar-refractivity contribution in [2.75, 3.05) is 39.5 Å². The molecule has 0 amide bonds. The summed E-state index contributed by atoms with van der Waals surface area (Å²) in [6, 6.07) is 81.4. The van der Waals surface area contributed by atoms with Gasteiger partial charge in [-0.25, -0.2) is 8.42 Å². The summed E-state index contributed by atoms with van der Waals surface area (Å²) in [5, 5.41) is 24.1. The predicted molar refractivity (Wildman–Crippen MR) is 457 cm³/mol. The van der Waals surface area contributed by atoms with Gasteiger partial charge in [0.25, 0.3) is 0 Å². The van der Waals surface area contributed by atoms with Crippen molar-refractivity contribution in [3.05, 3.63) is 303 Å². The lowest BCUT2D eigenvalue weighted by molar-refractivity contribution is -0.0522. The van der Waals surface area contributed by atoms with Crippen LogP contribution in [0.2, 0.25) is 0 Å². The van der Waals surface area contributed by atoms with Gasteiger partial charge in [0.2, 0.25) is 10.0 Å². The minimum absolute atomic E-state index is 0.0312. The molecule has 0 aromatic heterocycles. The summed E-state index contributed by atoms with van der Waals surface area (Å²) in [7, 11) is -4.38. The number of sulfonamides is 1. The lowest BCUT2D eigenvalue weighted by Gasteiger charge is -2.32. The Balaban J connectivity index is 1.13. The summed E-state index contributed by atoms with van der Waals surface area (Å²) in [5.74, 6) is 1.02. The van der Waals surface area contributed by atoms with E-state index < -0.39 is 34.4 Å². The van der Waals surface area contributed by atoms with E-state index in [-0.39, 0.29) is 79.9 Å². The van der Waals surface area contributed by atoms with Crippen molar-refractivity contribution in [1.29, 1.82) is 0 Å². The van der Waals surface area contributed by atoms with E-state index in [2.05, 4.69) is 237 Å². The molecule has 2 N–H and O–H groups in total. The van der Waals surface area contributed by atoms with Gasteiger partial charge in [-0.3, -0.25) is 0 Å². The lowest BCUT2D eigenvalue weighted by Crippen LogP contribution is -2.47. The highest BCUT2D eigenvalue weighted by Gasteiger charge is 2.35. The zero-order chi connectivity index (χ0) is 77.7. The number of nitrogens with zero attached hydrogens (tertiary/aromatic N) is 1. The van der Waals surface area contributed by atoms with Crippen LogP contribution in [0.1, 0.15) is 299 Å². The van der Waals surface area contributed by atoms with Gasteiger partial charge < -0.3 is 29.2 Å².